The number of thiophene rings is 1. The Hall–Kier alpha value is -3.39. The summed E-state index contributed by atoms with van der Waals surface area (Å²) in [5.41, 5.74) is 3.50. The van der Waals surface area contributed by atoms with E-state index in [4.69, 9.17) is 4.74 Å². The summed E-state index contributed by atoms with van der Waals surface area (Å²) in [4.78, 5) is 35.6. The van der Waals surface area contributed by atoms with Gasteiger partial charge in [0.05, 0.1) is 18.4 Å². The summed E-state index contributed by atoms with van der Waals surface area (Å²) in [7, 11) is 1.38. The number of aromatic nitrogens is 1. The van der Waals surface area contributed by atoms with Crippen molar-refractivity contribution in [1.82, 2.24) is 4.98 Å². The van der Waals surface area contributed by atoms with Gasteiger partial charge in [0.15, 0.2) is 5.82 Å². The fourth-order valence-electron chi connectivity index (χ4n) is 4.60. The maximum atomic E-state index is 13.4. The van der Waals surface area contributed by atoms with Crippen LogP contribution in [-0.4, -0.2) is 37.2 Å². The number of ether oxygens (including phenoxy) is 1. The average Bonchev–Trinajstić information content (AvgIpc) is 3.22. The molecule has 0 saturated carbocycles. The number of rotatable bonds is 4. The molecule has 2 amide bonds. The first-order valence-electron chi connectivity index (χ1n) is 11.2. The van der Waals surface area contributed by atoms with Crippen LogP contribution in [0.25, 0.3) is 0 Å². The van der Waals surface area contributed by atoms with Gasteiger partial charge >= 0.3 is 12.0 Å². The van der Waals surface area contributed by atoms with Crippen LogP contribution >= 0.6 is 11.3 Å². The van der Waals surface area contributed by atoms with Crippen LogP contribution in [0.15, 0.2) is 48.7 Å². The Morgan fingerprint density at radius 1 is 1.09 bits per heavy atom. The highest BCUT2D eigenvalue weighted by Crippen LogP contribution is 2.39. The van der Waals surface area contributed by atoms with E-state index >= 15 is 0 Å². The third-order valence-electron chi connectivity index (χ3n) is 6.19. The molecule has 7 nitrogen and oxygen atoms in total. The molecule has 0 spiro atoms. The first-order chi connectivity index (χ1) is 16.2. The number of amides is 2. The van der Waals surface area contributed by atoms with Crippen LogP contribution in [0.5, 0.6) is 0 Å². The Labute approximate surface area is 197 Å². The molecule has 2 aromatic heterocycles. The molecular weight excluding hydrogens is 436 g/mol. The second kappa shape index (κ2) is 9.23. The van der Waals surface area contributed by atoms with Gasteiger partial charge in [0.2, 0.25) is 0 Å². The van der Waals surface area contributed by atoms with Crippen molar-refractivity contribution in [1.29, 1.82) is 0 Å². The molecule has 3 aromatic rings. The summed E-state index contributed by atoms with van der Waals surface area (Å²) in [6.07, 6.45) is 5.68. The van der Waals surface area contributed by atoms with Gasteiger partial charge in [-0.25, -0.2) is 14.6 Å². The molecule has 2 aliphatic rings. The summed E-state index contributed by atoms with van der Waals surface area (Å²) >= 11 is 1.50. The molecule has 0 bridgehead atoms. The van der Waals surface area contributed by atoms with Gasteiger partial charge < -0.3 is 9.64 Å². The van der Waals surface area contributed by atoms with Crippen molar-refractivity contribution >= 4 is 39.8 Å². The number of hydrogen-bond donors (Lipinski definition) is 1. The minimum atomic E-state index is -0.389. The molecular formula is C25H26N4O3S. The van der Waals surface area contributed by atoms with Gasteiger partial charge in [0.25, 0.3) is 0 Å². The molecule has 8 heteroatoms. The van der Waals surface area contributed by atoms with Crippen LogP contribution in [0.1, 0.15) is 39.2 Å². The van der Waals surface area contributed by atoms with Crippen molar-refractivity contribution in [3.8, 4) is 0 Å². The minimum Gasteiger partial charge on any atom is -0.465 e. The lowest BCUT2D eigenvalue weighted by Crippen LogP contribution is -2.46. The molecule has 1 N–H and O–H groups in total. The summed E-state index contributed by atoms with van der Waals surface area (Å²) in [5.74, 6) is 0.390. The third-order valence-corrected chi connectivity index (χ3v) is 7.40. The molecule has 1 aromatic carbocycles. The maximum absolute atomic E-state index is 13.4. The molecule has 0 unspecified atom stereocenters. The van der Waals surface area contributed by atoms with Gasteiger partial charge in [-0.2, -0.15) is 0 Å². The van der Waals surface area contributed by atoms with E-state index in [1.807, 2.05) is 30.3 Å². The number of esters is 1. The Kier molecular flexibility index (Phi) is 6.00. The van der Waals surface area contributed by atoms with E-state index in [0.717, 1.165) is 49.3 Å². The highest BCUT2D eigenvalue weighted by molar-refractivity contribution is 7.17. The lowest BCUT2D eigenvalue weighted by molar-refractivity contribution is 0.0601. The molecule has 5 rings (SSSR count). The van der Waals surface area contributed by atoms with Crippen LogP contribution in [0.2, 0.25) is 0 Å². The van der Waals surface area contributed by atoms with Gasteiger partial charge in [-0.05, 0) is 48.9 Å². The number of pyridine rings is 1. The Bertz CT molecular complexity index is 1180. The number of benzene rings is 1. The number of anilines is 3. The fourth-order valence-corrected chi connectivity index (χ4v) is 5.86. The molecule has 33 heavy (non-hydrogen) atoms. The lowest BCUT2D eigenvalue weighted by Gasteiger charge is -2.36. The number of nitrogens with one attached hydrogen (secondary N) is 1. The van der Waals surface area contributed by atoms with Gasteiger partial charge in [-0.15, -0.1) is 11.3 Å². The van der Waals surface area contributed by atoms with Crippen molar-refractivity contribution in [2.75, 3.05) is 35.3 Å². The van der Waals surface area contributed by atoms with Gasteiger partial charge in [0.1, 0.15) is 5.00 Å². The number of carbonyl (C=O) groups excluding carboxylic acids is 2. The van der Waals surface area contributed by atoms with Crippen LogP contribution in [-0.2, 0) is 24.1 Å². The van der Waals surface area contributed by atoms with Gasteiger partial charge in [-0.1, -0.05) is 30.3 Å². The maximum Gasteiger partial charge on any atom is 0.341 e. The molecule has 3 heterocycles. The fraction of sp³-hybridized carbons (Fsp3) is 0.320. The number of hydrogen-bond acceptors (Lipinski definition) is 6. The van der Waals surface area contributed by atoms with Crippen molar-refractivity contribution in [2.45, 2.75) is 32.2 Å². The number of methoxy groups -OCH3 is 1. The Morgan fingerprint density at radius 3 is 2.73 bits per heavy atom. The van der Waals surface area contributed by atoms with Crippen LogP contribution in [0.4, 0.5) is 21.3 Å². The standard InChI is InChI=1S/C25H26N4O3S/c1-32-24(30)21-18-10-5-6-12-20(18)33-23(21)27-25(31)29-15-14-28(16-17-8-3-2-4-9-17)22-19(29)11-7-13-26-22/h2-4,7-9,11,13H,5-6,10,12,14-16H2,1H3,(H,27,31). The Balaban J connectivity index is 1.41. The summed E-state index contributed by atoms with van der Waals surface area (Å²) in [6, 6.07) is 13.7. The lowest BCUT2D eigenvalue weighted by atomic mass is 9.95. The van der Waals surface area contributed by atoms with E-state index in [-0.39, 0.29) is 12.0 Å². The monoisotopic (exact) mass is 462 g/mol. The minimum absolute atomic E-state index is 0.257. The zero-order valence-corrected chi connectivity index (χ0v) is 19.4. The molecule has 1 aliphatic carbocycles. The average molecular weight is 463 g/mol. The normalized spacial score (nSPS) is 14.9. The molecule has 0 fully saturated rings. The van der Waals surface area contributed by atoms with Crippen molar-refractivity contribution < 1.29 is 14.3 Å². The molecule has 170 valence electrons. The molecule has 0 radical (unpaired) electrons. The van der Waals surface area contributed by atoms with E-state index in [1.165, 1.54) is 28.9 Å². The highest BCUT2D eigenvalue weighted by atomic mass is 32.1. The second-order valence-corrected chi connectivity index (χ2v) is 9.35. The SMILES string of the molecule is COC(=O)c1c(NC(=O)N2CCN(Cc3ccccc3)c3ncccc32)sc2c1CCCC2. The summed E-state index contributed by atoms with van der Waals surface area (Å²) < 4.78 is 5.04. The smallest absolute Gasteiger partial charge is 0.341 e. The van der Waals surface area contributed by atoms with Crippen molar-refractivity contribution in [2.24, 2.45) is 0 Å². The summed E-state index contributed by atoms with van der Waals surface area (Å²) in [5, 5.41) is 3.60. The van der Waals surface area contributed by atoms with E-state index in [2.05, 4.69) is 27.3 Å². The van der Waals surface area contributed by atoms with E-state index < -0.39 is 0 Å². The predicted octanol–water partition coefficient (Wildman–Crippen LogP) is 4.87. The Morgan fingerprint density at radius 2 is 1.91 bits per heavy atom. The zero-order valence-electron chi connectivity index (χ0n) is 18.5. The number of fused-ring (bicyclic) bond motifs is 2. The highest BCUT2D eigenvalue weighted by Gasteiger charge is 2.31. The molecule has 0 saturated heterocycles. The van der Waals surface area contributed by atoms with Crippen LogP contribution in [0.3, 0.4) is 0 Å². The number of urea groups is 1. The zero-order chi connectivity index (χ0) is 22.8. The van der Waals surface area contributed by atoms with Gasteiger partial charge in [0, 0.05) is 30.7 Å². The van der Waals surface area contributed by atoms with E-state index in [0.29, 0.717) is 23.7 Å². The third kappa shape index (κ3) is 4.18. The molecule has 0 atom stereocenters. The number of carbonyl (C=O) groups is 2. The largest absolute Gasteiger partial charge is 0.465 e. The second-order valence-electron chi connectivity index (χ2n) is 8.24. The van der Waals surface area contributed by atoms with Gasteiger partial charge in [-0.3, -0.25) is 10.2 Å². The quantitative estimate of drug-likeness (QED) is 0.560. The summed E-state index contributed by atoms with van der Waals surface area (Å²) in [6.45, 7) is 1.91. The first kappa shape index (κ1) is 21.5. The number of aryl methyl sites for hydroxylation is 1. The predicted molar refractivity (Wildman–Crippen MR) is 130 cm³/mol. The first-order valence-corrected chi connectivity index (χ1v) is 12.0. The van der Waals surface area contributed by atoms with E-state index in [1.54, 1.807) is 11.1 Å². The number of nitrogens with zero attached hydrogens (tertiary/aromatic N) is 3. The van der Waals surface area contributed by atoms with Crippen LogP contribution < -0.4 is 15.1 Å². The van der Waals surface area contributed by atoms with E-state index in [9.17, 15) is 9.59 Å². The molecule has 1 aliphatic heterocycles. The van der Waals surface area contributed by atoms with Crippen molar-refractivity contribution in [3.05, 3.63) is 70.2 Å². The topological polar surface area (TPSA) is 74.8 Å². The van der Waals surface area contributed by atoms with Crippen LogP contribution in [0, 0.1) is 0 Å². The van der Waals surface area contributed by atoms with Crippen molar-refractivity contribution in [3.63, 3.8) is 0 Å².